The number of fused-ring (bicyclic) bond motifs is 1. The largest absolute Gasteiger partial charge is 0.482 e. The molecule has 0 bridgehead atoms. The molecule has 0 aromatic heterocycles. The van der Waals surface area contributed by atoms with Crippen LogP contribution in [0.15, 0.2) is 42.5 Å². The first-order valence-electron chi connectivity index (χ1n) is 9.37. The molecule has 1 aliphatic heterocycles. The Morgan fingerprint density at radius 2 is 1.96 bits per heavy atom. The van der Waals surface area contributed by atoms with Crippen LogP contribution >= 0.6 is 0 Å². The number of benzene rings is 2. The van der Waals surface area contributed by atoms with Gasteiger partial charge in [-0.1, -0.05) is 19.1 Å². The number of amides is 2. The molecule has 2 aromatic rings. The number of rotatable bonds is 6. The molecule has 1 atom stereocenters. The van der Waals surface area contributed by atoms with E-state index >= 15 is 0 Å². The van der Waals surface area contributed by atoms with Crippen molar-refractivity contribution >= 4 is 23.3 Å². The van der Waals surface area contributed by atoms with Crippen LogP contribution in [0, 0.1) is 0 Å². The van der Waals surface area contributed by atoms with Gasteiger partial charge in [0, 0.05) is 17.2 Å². The summed E-state index contributed by atoms with van der Waals surface area (Å²) in [6.45, 7) is 5.69. The molecule has 1 N–H and O–H groups in total. The summed E-state index contributed by atoms with van der Waals surface area (Å²) >= 11 is 0. The van der Waals surface area contributed by atoms with Crippen molar-refractivity contribution in [2.45, 2.75) is 39.8 Å². The Bertz CT molecular complexity index is 923. The number of Topliss-reactive ketones (excluding diaryl/α,β-unsaturated/α-hetero) is 1. The van der Waals surface area contributed by atoms with E-state index in [1.807, 2.05) is 19.9 Å². The minimum absolute atomic E-state index is 0.0550. The molecule has 1 unspecified atom stereocenters. The molecule has 0 fully saturated rings. The molecular weight excluding hydrogens is 356 g/mol. The van der Waals surface area contributed by atoms with E-state index < -0.39 is 0 Å². The molecular formula is C22H24N2O4. The number of hydrogen-bond donors (Lipinski definition) is 1. The van der Waals surface area contributed by atoms with Gasteiger partial charge < -0.3 is 15.0 Å². The van der Waals surface area contributed by atoms with Gasteiger partial charge in [-0.05, 0) is 56.2 Å². The molecule has 1 aliphatic rings. The zero-order chi connectivity index (χ0) is 20.3. The van der Waals surface area contributed by atoms with E-state index in [1.165, 1.54) is 6.92 Å². The summed E-state index contributed by atoms with van der Waals surface area (Å²) in [5.74, 6) is 0.159. The topological polar surface area (TPSA) is 75.7 Å². The number of ketones is 1. The monoisotopic (exact) mass is 380 g/mol. The van der Waals surface area contributed by atoms with E-state index in [1.54, 1.807) is 41.3 Å². The number of carbonyl (C=O) groups is 3. The highest BCUT2D eigenvalue weighted by atomic mass is 16.5. The maximum absolute atomic E-state index is 12.5. The number of nitrogens with zero attached hydrogens (tertiary/aromatic N) is 1. The summed E-state index contributed by atoms with van der Waals surface area (Å²) in [7, 11) is 0. The molecule has 6 heteroatoms. The van der Waals surface area contributed by atoms with E-state index in [0.29, 0.717) is 29.1 Å². The summed E-state index contributed by atoms with van der Waals surface area (Å²) in [6.07, 6.45) is 0.850. The van der Waals surface area contributed by atoms with Gasteiger partial charge in [-0.15, -0.1) is 0 Å². The number of anilines is 1. The van der Waals surface area contributed by atoms with E-state index in [2.05, 4.69) is 5.32 Å². The van der Waals surface area contributed by atoms with Crippen LogP contribution in [0.2, 0.25) is 0 Å². The van der Waals surface area contributed by atoms with Crippen LogP contribution in [0.4, 0.5) is 5.69 Å². The van der Waals surface area contributed by atoms with Gasteiger partial charge in [-0.25, -0.2) is 0 Å². The molecule has 0 saturated heterocycles. The predicted octanol–water partition coefficient (Wildman–Crippen LogP) is 3.34. The first-order chi connectivity index (χ1) is 13.4. The van der Waals surface area contributed by atoms with Gasteiger partial charge in [-0.3, -0.25) is 14.4 Å². The second-order valence-electron chi connectivity index (χ2n) is 6.99. The first kappa shape index (κ1) is 19.6. The molecule has 2 aromatic carbocycles. The average Bonchev–Trinajstić information content (AvgIpc) is 2.69. The van der Waals surface area contributed by atoms with Gasteiger partial charge in [0.1, 0.15) is 5.75 Å². The van der Waals surface area contributed by atoms with Crippen LogP contribution in [-0.4, -0.2) is 30.2 Å². The molecule has 2 amide bonds. The number of hydrogen-bond acceptors (Lipinski definition) is 4. The van der Waals surface area contributed by atoms with Crippen LogP contribution in [0.3, 0.4) is 0 Å². The van der Waals surface area contributed by atoms with Crippen LogP contribution in [0.5, 0.6) is 5.75 Å². The number of nitrogens with one attached hydrogen (secondary N) is 1. The van der Waals surface area contributed by atoms with Crippen LogP contribution in [-0.2, 0) is 11.3 Å². The van der Waals surface area contributed by atoms with Crippen LogP contribution in [0.25, 0.3) is 0 Å². The van der Waals surface area contributed by atoms with E-state index in [9.17, 15) is 14.4 Å². The smallest absolute Gasteiger partial charge is 0.265 e. The Morgan fingerprint density at radius 1 is 1.18 bits per heavy atom. The third kappa shape index (κ3) is 4.22. The van der Waals surface area contributed by atoms with Gasteiger partial charge >= 0.3 is 0 Å². The van der Waals surface area contributed by atoms with Gasteiger partial charge in [0.05, 0.1) is 12.2 Å². The maximum Gasteiger partial charge on any atom is 0.265 e. The summed E-state index contributed by atoms with van der Waals surface area (Å²) in [5.41, 5.74) is 2.46. The highest BCUT2D eigenvalue weighted by molar-refractivity contribution is 6.01. The molecule has 6 nitrogen and oxygen atoms in total. The number of carbonyl (C=O) groups excluding carboxylic acids is 3. The zero-order valence-corrected chi connectivity index (χ0v) is 16.3. The van der Waals surface area contributed by atoms with E-state index in [-0.39, 0.29) is 30.2 Å². The second kappa shape index (κ2) is 8.25. The van der Waals surface area contributed by atoms with E-state index in [0.717, 1.165) is 12.0 Å². The van der Waals surface area contributed by atoms with E-state index in [4.69, 9.17) is 4.74 Å². The highest BCUT2D eigenvalue weighted by Gasteiger charge is 2.26. The second-order valence-corrected chi connectivity index (χ2v) is 6.99. The molecule has 28 heavy (non-hydrogen) atoms. The molecule has 146 valence electrons. The Labute approximate surface area is 164 Å². The normalized spacial score (nSPS) is 14.1. The third-order valence-electron chi connectivity index (χ3n) is 4.83. The van der Waals surface area contributed by atoms with Crippen LogP contribution in [0.1, 0.15) is 53.5 Å². The Balaban J connectivity index is 1.87. The molecule has 1 heterocycles. The first-order valence-corrected chi connectivity index (χ1v) is 9.37. The van der Waals surface area contributed by atoms with Crippen molar-refractivity contribution in [3.63, 3.8) is 0 Å². The van der Waals surface area contributed by atoms with Crippen molar-refractivity contribution in [1.82, 2.24) is 5.32 Å². The lowest BCUT2D eigenvalue weighted by Gasteiger charge is -2.30. The third-order valence-corrected chi connectivity index (χ3v) is 4.83. The Kier molecular flexibility index (Phi) is 5.78. The minimum Gasteiger partial charge on any atom is -0.482 e. The van der Waals surface area contributed by atoms with Gasteiger partial charge in [-0.2, -0.15) is 0 Å². The lowest BCUT2D eigenvalue weighted by atomic mass is 10.1. The predicted molar refractivity (Wildman–Crippen MR) is 107 cm³/mol. The SMILES string of the molecule is CCC(C)NC(=O)c1cccc(CN2C(=O)COc3ccc(C(C)=O)cc32)c1. The summed E-state index contributed by atoms with van der Waals surface area (Å²) in [5, 5.41) is 2.94. The fourth-order valence-electron chi connectivity index (χ4n) is 3.00. The molecule has 3 rings (SSSR count). The van der Waals surface area contributed by atoms with Gasteiger partial charge in [0.25, 0.3) is 11.8 Å². The van der Waals surface area contributed by atoms with Crippen molar-refractivity contribution in [3.05, 3.63) is 59.2 Å². The van der Waals surface area contributed by atoms with Crippen molar-refractivity contribution in [2.24, 2.45) is 0 Å². The summed E-state index contributed by atoms with van der Waals surface area (Å²) in [4.78, 5) is 38.2. The fraction of sp³-hybridized carbons (Fsp3) is 0.318. The minimum atomic E-state index is -0.192. The van der Waals surface area contributed by atoms with Crippen molar-refractivity contribution < 1.29 is 19.1 Å². The lowest BCUT2D eigenvalue weighted by Crippen LogP contribution is -2.38. The Hall–Kier alpha value is -3.15. The zero-order valence-electron chi connectivity index (χ0n) is 16.3. The van der Waals surface area contributed by atoms with Crippen molar-refractivity contribution in [3.8, 4) is 5.75 Å². The van der Waals surface area contributed by atoms with Crippen LogP contribution < -0.4 is 15.0 Å². The number of ether oxygens (including phenoxy) is 1. The Morgan fingerprint density at radius 3 is 2.68 bits per heavy atom. The lowest BCUT2D eigenvalue weighted by molar-refractivity contribution is -0.121. The molecule has 0 aliphatic carbocycles. The molecule has 0 saturated carbocycles. The average molecular weight is 380 g/mol. The summed E-state index contributed by atoms with van der Waals surface area (Å²) < 4.78 is 5.49. The van der Waals surface area contributed by atoms with Gasteiger partial charge in [0.2, 0.25) is 0 Å². The maximum atomic E-state index is 12.5. The van der Waals surface area contributed by atoms with Gasteiger partial charge in [0.15, 0.2) is 12.4 Å². The standard InChI is InChI=1S/C22H24N2O4/c1-4-14(2)23-22(27)18-7-5-6-16(10-18)12-24-19-11-17(15(3)25)8-9-20(19)28-13-21(24)26/h5-11,14H,4,12-13H2,1-3H3,(H,23,27). The van der Waals surface area contributed by atoms with Crippen molar-refractivity contribution in [1.29, 1.82) is 0 Å². The van der Waals surface area contributed by atoms with Crippen molar-refractivity contribution in [2.75, 3.05) is 11.5 Å². The molecule has 0 radical (unpaired) electrons. The quantitative estimate of drug-likeness (QED) is 0.780. The summed E-state index contributed by atoms with van der Waals surface area (Å²) in [6, 6.07) is 12.4. The molecule has 0 spiro atoms. The highest BCUT2D eigenvalue weighted by Crippen LogP contribution is 2.34. The fourth-order valence-corrected chi connectivity index (χ4v) is 3.00.